The third-order valence-electron chi connectivity index (χ3n) is 5.87. The molecule has 3 amide bonds. The molecule has 2 rings (SSSR count). The number of ether oxygens (including phenoxy) is 1. The zero-order valence-corrected chi connectivity index (χ0v) is 21.9. The third kappa shape index (κ3) is 8.56. The van der Waals surface area contributed by atoms with Crippen LogP contribution in [0, 0.1) is 5.92 Å². The van der Waals surface area contributed by atoms with Gasteiger partial charge < -0.3 is 19.9 Å². The van der Waals surface area contributed by atoms with Gasteiger partial charge in [-0.2, -0.15) is 8.78 Å². The Morgan fingerprint density at radius 1 is 1.11 bits per heavy atom. The summed E-state index contributed by atoms with van der Waals surface area (Å²) in [5, 5.41) is 2.16. The van der Waals surface area contributed by atoms with Gasteiger partial charge in [-0.1, -0.05) is 37.3 Å². The number of amides is 3. The van der Waals surface area contributed by atoms with E-state index in [9.17, 15) is 36.4 Å². The quantitative estimate of drug-likeness (QED) is 0.382. The maximum Gasteiger partial charge on any atom is 0.383 e. The van der Waals surface area contributed by atoms with Crippen LogP contribution in [0.4, 0.5) is 8.78 Å². The molecule has 2 atom stereocenters. The van der Waals surface area contributed by atoms with E-state index in [1.165, 1.54) is 11.8 Å². The largest absolute Gasteiger partial charge is 0.383 e. The van der Waals surface area contributed by atoms with E-state index in [2.05, 4.69) is 5.32 Å². The number of Topliss-reactive ketones (excluding diaryl/α,β-unsaturated/α-hetero) is 1. The van der Waals surface area contributed by atoms with E-state index in [0.29, 0.717) is 10.5 Å². The first-order valence-electron chi connectivity index (χ1n) is 11.8. The Hall–Kier alpha value is -2.93. The minimum Gasteiger partial charge on any atom is -0.378 e. The van der Waals surface area contributed by atoms with Gasteiger partial charge in [-0.3, -0.25) is 19.2 Å². The summed E-state index contributed by atoms with van der Waals surface area (Å²) in [6, 6.07) is 6.46. The minimum absolute atomic E-state index is 0.263. The highest BCUT2D eigenvalue weighted by molar-refractivity contribution is 7.90. The van der Waals surface area contributed by atoms with E-state index >= 15 is 0 Å². The number of rotatable bonds is 12. The lowest BCUT2D eigenvalue weighted by Crippen LogP contribution is -2.55. The van der Waals surface area contributed by atoms with Crippen LogP contribution in [-0.2, 0) is 39.5 Å². The predicted octanol–water partition coefficient (Wildman–Crippen LogP) is 0.654. The van der Waals surface area contributed by atoms with Gasteiger partial charge in [-0.05, 0) is 12.0 Å². The van der Waals surface area contributed by atoms with Crippen molar-refractivity contribution in [1.82, 2.24) is 15.1 Å². The van der Waals surface area contributed by atoms with Crippen LogP contribution in [0.5, 0.6) is 0 Å². The fourth-order valence-electron chi connectivity index (χ4n) is 3.82. The summed E-state index contributed by atoms with van der Waals surface area (Å²) in [6.45, 7) is 2.46. The summed E-state index contributed by atoms with van der Waals surface area (Å²) in [4.78, 5) is 52.3. The number of benzene rings is 1. The second-order valence-corrected chi connectivity index (χ2v) is 11.2. The number of sulfone groups is 1. The lowest BCUT2D eigenvalue weighted by Gasteiger charge is -2.29. The highest BCUT2D eigenvalue weighted by atomic mass is 32.2. The van der Waals surface area contributed by atoms with E-state index in [1.54, 1.807) is 30.3 Å². The molecule has 1 saturated heterocycles. The molecule has 0 radical (unpaired) electrons. The second kappa shape index (κ2) is 13.0. The van der Waals surface area contributed by atoms with Crippen molar-refractivity contribution in [3.63, 3.8) is 0 Å². The number of nitrogens with one attached hydrogen (secondary N) is 1. The summed E-state index contributed by atoms with van der Waals surface area (Å²) < 4.78 is 60.0. The standard InChI is InChI=1S/C24H33F2N3O7S/c1-4-19(21(31)24(25,26)23(33)28(2)3)27-22(32)18(14-20(30)29-10-12-36-13-11-29)16-37(34,35)15-17-8-6-5-7-9-17/h5-9,18-19H,4,10-16H2,1-3H3,(H,27,32)/t18?,19-/m0/s1. The van der Waals surface area contributed by atoms with Crippen LogP contribution < -0.4 is 5.32 Å². The molecule has 1 aliphatic heterocycles. The molecule has 1 unspecified atom stereocenters. The van der Waals surface area contributed by atoms with Crippen LogP contribution in [0.15, 0.2) is 30.3 Å². The first-order chi connectivity index (χ1) is 17.3. The van der Waals surface area contributed by atoms with Crippen molar-refractivity contribution in [1.29, 1.82) is 0 Å². The summed E-state index contributed by atoms with van der Waals surface area (Å²) in [7, 11) is -1.79. The SMILES string of the molecule is CC[C@H](NC(=O)C(CC(=O)N1CCOCC1)CS(=O)(=O)Cc1ccccc1)C(=O)C(F)(F)C(=O)N(C)C. The maximum atomic E-state index is 14.5. The van der Waals surface area contributed by atoms with Crippen LogP contribution in [0.2, 0.25) is 0 Å². The highest BCUT2D eigenvalue weighted by Gasteiger charge is 2.51. The molecule has 206 valence electrons. The molecular weight excluding hydrogens is 512 g/mol. The van der Waals surface area contributed by atoms with Gasteiger partial charge in [0.25, 0.3) is 0 Å². The molecule has 0 aliphatic carbocycles. The monoisotopic (exact) mass is 545 g/mol. The molecule has 37 heavy (non-hydrogen) atoms. The lowest BCUT2D eigenvalue weighted by molar-refractivity contribution is -0.166. The van der Waals surface area contributed by atoms with Crippen LogP contribution >= 0.6 is 0 Å². The molecule has 1 aromatic carbocycles. The Kier molecular flexibility index (Phi) is 10.7. The van der Waals surface area contributed by atoms with Gasteiger partial charge in [-0.25, -0.2) is 8.42 Å². The molecule has 1 N–H and O–H groups in total. The van der Waals surface area contributed by atoms with Gasteiger partial charge >= 0.3 is 11.8 Å². The number of morpholine rings is 1. The van der Waals surface area contributed by atoms with Crippen molar-refractivity contribution in [2.75, 3.05) is 46.2 Å². The number of ketones is 1. The number of alkyl halides is 2. The minimum atomic E-state index is -4.39. The molecule has 13 heteroatoms. The average Bonchev–Trinajstić information content (AvgIpc) is 2.86. The van der Waals surface area contributed by atoms with Gasteiger partial charge in [0.2, 0.25) is 17.6 Å². The van der Waals surface area contributed by atoms with Crippen molar-refractivity contribution >= 4 is 33.3 Å². The van der Waals surface area contributed by atoms with Crippen LogP contribution in [0.1, 0.15) is 25.3 Å². The third-order valence-corrected chi connectivity index (χ3v) is 7.55. The van der Waals surface area contributed by atoms with Gasteiger partial charge in [0, 0.05) is 33.6 Å². The van der Waals surface area contributed by atoms with Crippen molar-refractivity contribution in [3.05, 3.63) is 35.9 Å². The Morgan fingerprint density at radius 3 is 2.24 bits per heavy atom. The van der Waals surface area contributed by atoms with Crippen LogP contribution in [-0.4, -0.2) is 99.8 Å². The van der Waals surface area contributed by atoms with Crippen molar-refractivity contribution in [2.45, 2.75) is 37.5 Å². The fourth-order valence-corrected chi connectivity index (χ4v) is 5.52. The van der Waals surface area contributed by atoms with Gasteiger partial charge in [0.15, 0.2) is 9.84 Å². The number of hydrogen-bond acceptors (Lipinski definition) is 7. The summed E-state index contributed by atoms with van der Waals surface area (Å²) >= 11 is 0. The van der Waals surface area contributed by atoms with E-state index in [1.807, 2.05) is 0 Å². The van der Waals surface area contributed by atoms with Gasteiger partial charge in [0.1, 0.15) is 0 Å². The molecule has 0 aromatic heterocycles. The number of carbonyl (C=O) groups is 4. The lowest BCUT2D eigenvalue weighted by atomic mass is 10.0. The number of hydrogen-bond donors (Lipinski definition) is 1. The van der Waals surface area contributed by atoms with Crippen molar-refractivity contribution < 1.29 is 41.1 Å². The smallest absolute Gasteiger partial charge is 0.378 e. The topological polar surface area (TPSA) is 130 Å². The Balaban J connectivity index is 2.25. The molecule has 1 aliphatic rings. The second-order valence-electron chi connectivity index (χ2n) is 9.04. The number of carbonyl (C=O) groups excluding carboxylic acids is 4. The molecule has 1 fully saturated rings. The van der Waals surface area contributed by atoms with E-state index in [-0.39, 0.29) is 32.7 Å². The zero-order chi connectivity index (χ0) is 27.8. The Morgan fingerprint density at radius 2 is 1.70 bits per heavy atom. The summed E-state index contributed by atoms with van der Waals surface area (Å²) in [5.41, 5.74) is 0.476. The number of nitrogens with zero attached hydrogens (tertiary/aromatic N) is 2. The molecule has 1 heterocycles. The van der Waals surface area contributed by atoms with E-state index < -0.39 is 69.2 Å². The maximum absolute atomic E-state index is 14.5. The van der Waals surface area contributed by atoms with E-state index in [4.69, 9.17) is 4.74 Å². The molecule has 1 aromatic rings. The van der Waals surface area contributed by atoms with Crippen molar-refractivity contribution in [3.8, 4) is 0 Å². The molecule has 0 saturated carbocycles. The predicted molar refractivity (Wildman–Crippen MR) is 130 cm³/mol. The first kappa shape index (κ1) is 30.3. The van der Waals surface area contributed by atoms with E-state index in [0.717, 1.165) is 14.1 Å². The van der Waals surface area contributed by atoms with Crippen molar-refractivity contribution in [2.24, 2.45) is 5.92 Å². The van der Waals surface area contributed by atoms with Gasteiger partial charge in [-0.15, -0.1) is 0 Å². The normalized spacial score (nSPS) is 16.0. The highest BCUT2D eigenvalue weighted by Crippen LogP contribution is 2.22. The summed E-state index contributed by atoms with van der Waals surface area (Å²) in [5.74, 6) is -12.0. The first-order valence-corrected chi connectivity index (χ1v) is 13.6. The fraction of sp³-hybridized carbons (Fsp3) is 0.583. The average molecular weight is 546 g/mol. The molecule has 10 nitrogen and oxygen atoms in total. The summed E-state index contributed by atoms with van der Waals surface area (Å²) in [6.07, 6.45) is -0.779. The zero-order valence-electron chi connectivity index (χ0n) is 21.1. The Labute approximate surface area is 215 Å². The Bertz CT molecular complexity index is 1080. The van der Waals surface area contributed by atoms with Crippen LogP contribution in [0.25, 0.3) is 0 Å². The molecule has 0 bridgehead atoms. The number of halogens is 2. The van der Waals surface area contributed by atoms with Gasteiger partial charge in [0.05, 0.1) is 36.7 Å². The molecular formula is C24H33F2N3O7S. The molecule has 0 spiro atoms. The van der Waals surface area contributed by atoms with Crippen LogP contribution in [0.3, 0.4) is 0 Å².